The molecule has 0 bridgehead atoms. The van der Waals surface area contributed by atoms with Crippen LogP contribution in [0.25, 0.3) is 0 Å². The van der Waals surface area contributed by atoms with E-state index in [0.29, 0.717) is 12.0 Å². The molecule has 0 saturated heterocycles. The fourth-order valence-corrected chi connectivity index (χ4v) is 2.31. The van der Waals surface area contributed by atoms with Gasteiger partial charge in [-0.3, -0.25) is 9.69 Å². The molecule has 1 N–H and O–H groups in total. The summed E-state index contributed by atoms with van der Waals surface area (Å²) in [6.45, 7) is -1.09. The van der Waals surface area contributed by atoms with E-state index >= 15 is 0 Å². The first-order valence-corrected chi connectivity index (χ1v) is 5.50. The number of aliphatic carboxylic acids is 1. The molecule has 1 unspecified atom stereocenters. The Balaban J connectivity index is 2.33. The molecule has 0 aromatic heterocycles. The van der Waals surface area contributed by atoms with Gasteiger partial charge in [-0.1, -0.05) is 24.3 Å². The minimum absolute atomic E-state index is 0.105. The van der Waals surface area contributed by atoms with Gasteiger partial charge in [-0.05, 0) is 17.5 Å². The zero-order valence-corrected chi connectivity index (χ0v) is 9.44. The molecule has 1 aliphatic heterocycles. The maximum absolute atomic E-state index is 12.4. The summed E-state index contributed by atoms with van der Waals surface area (Å²) in [4.78, 5) is 12.2. The molecule has 2 rings (SSSR count). The Kier molecular flexibility index (Phi) is 3.30. The van der Waals surface area contributed by atoms with Crippen LogP contribution < -0.4 is 0 Å². The summed E-state index contributed by atoms with van der Waals surface area (Å²) >= 11 is 0. The Bertz CT molecular complexity index is 459. The van der Waals surface area contributed by atoms with Crippen molar-refractivity contribution < 1.29 is 23.1 Å². The Morgan fingerprint density at radius 1 is 1.39 bits per heavy atom. The number of rotatable bonds is 2. The molecule has 1 aliphatic rings. The number of benzene rings is 1. The second-order valence-electron chi connectivity index (χ2n) is 4.28. The molecule has 0 spiro atoms. The van der Waals surface area contributed by atoms with Crippen LogP contribution in [0.2, 0.25) is 0 Å². The largest absolute Gasteiger partial charge is 0.480 e. The average molecular weight is 259 g/mol. The number of hydrogen-bond donors (Lipinski definition) is 1. The number of carboxylic acids is 1. The summed E-state index contributed by atoms with van der Waals surface area (Å²) in [5, 5.41) is 9.14. The van der Waals surface area contributed by atoms with Gasteiger partial charge >= 0.3 is 12.1 Å². The maximum atomic E-state index is 12.4. The topological polar surface area (TPSA) is 40.5 Å². The molecule has 0 aliphatic carbocycles. The van der Waals surface area contributed by atoms with Gasteiger partial charge in [0.2, 0.25) is 0 Å². The number of fused-ring (bicyclic) bond motifs is 1. The lowest BCUT2D eigenvalue weighted by molar-refractivity contribution is -0.163. The highest BCUT2D eigenvalue weighted by Gasteiger charge is 2.39. The van der Waals surface area contributed by atoms with Gasteiger partial charge in [0.25, 0.3) is 0 Å². The Morgan fingerprint density at radius 3 is 2.67 bits per heavy atom. The Hall–Kier alpha value is -1.56. The number of halogens is 3. The highest BCUT2D eigenvalue weighted by molar-refractivity contribution is 5.76. The third kappa shape index (κ3) is 2.64. The van der Waals surface area contributed by atoms with Crippen LogP contribution in [0.15, 0.2) is 24.3 Å². The fourth-order valence-electron chi connectivity index (χ4n) is 2.31. The Morgan fingerprint density at radius 2 is 2.06 bits per heavy atom. The second kappa shape index (κ2) is 4.61. The fraction of sp³-hybridized carbons (Fsp3) is 0.417. The first-order valence-electron chi connectivity index (χ1n) is 5.50. The van der Waals surface area contributed by atoms with E-state index in [1.807, 2.05) is 0 Å². The first kappa shape index (κ1) is 12.9. The molecule has 3 nitrogen and oxygen atoms in total. The van der Waals surface area contributed by atoms with Gasteiger partial charge in [0.1, 0.15) is 6.04 Å². The predicted octanol–water partition coefficient (Wildman–Crippen LogP) is 2.23. The molecule has 1 atom stereocenters. The zero-order chi connectivity index (χ0) is 13.3. The second-order valence-corrected chi connectivity index (χ2v) is 4.28. The van der Waals surface area contributed by atoms with Crippen LogP contribution in [0, 0.1) is 0 Å². The molecule has 0 fully saturated rings. The number of hydrogen-bond acceptors (Lipinski definition) is 2. The lowest BCUT2D eigenvalue weighted by Gasteiger charge is -2.34. The van der Waals surface area contributed by atoms with Crippen LogP contribution in [-0.2, 0) is 11.2 Å². The molecule has 6 heteroatoms. The van der Waals surface area contributed by atoms with Crippen LogP contribution in [0.4, 0.5) is 13.2 Å². The maximum Gasteiger partial charge on any atom is 0.401 e. The van der Waals surface area contributed by atoms with E-state index in [-0.39, 0.29) is 6.54 Å². The summed E-state index contributed by atoms with van der Waals surface area (Å²) in [5.41, 5.74) is 1.27. The van der Waals surface area contributed by atoms with Gasteiger partial charge in [0, 0.05) is 6.54 Å². The number of alkyl halides is 3. The standard InChI is InChI=1S/C12H12F3NO2/c13-12(14,15)7-16-6-5-8-3-1-2-4-9(8)10(16)11(17)18/h1-4,10H,5-7H2,(H,17,18). The van der Waals surface area contributed by atoms with Crippen molar-refractivity contribution in [2.45, 2.75) is 18.6 Å². The van der Waals surface area contributed by atoms with Crippen molar-refractivity contribution in [1.82, 2.24) is 4.90 Å². The van der Waals surface area contributed by atoms with Crippen molar-refractivity contribution in [2.75, 3.05) is 13.1 Å². The van der Waals surface area contributed by atoms with Crippen molar-refractivity contribution in [2.24, 2.45) is 0 Å². The minimum atomic E-state index is -4.39. The van der Waals surface area contributed by atoms with Crippen molar-refractivity contribution in [3.63, 3.8) is 0 Å². The van der Waals surface area contributed by atoms with Gasteiger partial charge in [-0.15, -0.1) is 0 Å². The minimum Gasteiger partial charge on any atom is -0.480 e. The van der Waals surface area contributed by atoms with Crippen molar-refractivity contribution in [1.29, 1.82) is 0 Å². The van der Waals surface area contributed by atoms with Crippen LogP contribution in [0.3, 0.4) is 0 Å². The molecule has 18 heavy (non-hydrogen) atoms. The van der Waals surface area contributed by atoms with E-state index in [0.717, 1.165) is 10.5 Å². The summed E-state index contributed by atoms with van der Waals surface area (Å²) in [5.74, 6) is -1.24. The van der Waals surface area contributed by atoms with E-state index in [1.54, 1.807) is 24.3 Å². The van der Waals surface area contributed by atoms with Gasteiger partial charge in [-0.2, -0.15) is 13.2 Å². The SMILES string of the molecule is O=C(O)C1c2ccccc2CCN1CC(F)(F)F. The van der Waals surface area contributed by atoms with Crippen molar-refractivity contribution >= 4 is 5.97 Å². The average Bonchev–Trinajstić information content (AvgIpc) is 2.26. The van der Waals surface area contributed by atoms with Gasteiger partial charge < -0.3 is 5.11 Å². The van der Waals surface area contributed by atoms with E-state index in [9.17, 15) is 18.0 Å². The molecule has 98 valence electrons. The van der Waals surface area contributed by atoms with Crippen molar-refractivity contribution in [3.8, 4) is 0 Å². The molecule has 1 aromatic rings. The van der Waals surface area contributed by atoms with Crippen LogP contribution in [0.5, 0.6) is 0 Å². The lowest BCUT2D eigenvalue weighted by atomic mass is 9.92. The number of nitrogens with zero attached hydrogens (tertiary/aromatic N) is 1. The smallest absolute Gasteiger partial charge is 0.401 e. The predicted molar refractivity (Wildman–Crippen MR) is 58.2 cm³/mol. The van der Waals surface area contributed by atoms with Gasteiger partial charge in [0.15, 0.2) is 0 Å². The summed E-state index contributed by atoms with van der Waals surface area (Å²) < 4.78 is 37.3. The number of carboxylic acid groups (broad SMARTS) is 1. The van der Waals surface area contributed by atoms with E-state index in [2.05, 4.69) is 0 Å². The van der Waals surface area contributed by atoms with E-state index < -0.39 is 24.7 Å². The Labute approximate surface area is 102 Å². The lowest BCUT2D eigenvalue weighted by Crippen LogP contribution is -2.44. The number of carbonyl (C=O) groups is 1. The third-order valence-corrected chi connectivity index (χ3v) is 3.00. The van der Waals surface area contributed by atoms with E-state index in [4.69, 9.17) is 5.11 Å². The summed E-state index contributed by atoms with van der Waals surface area (Å²) in [7, 11) is 0. The molecule has 0 radical (unpaired) electrons. The van der Waals surface area contributed by atoms with Gasteiger partial charge in [0.05, 0.1) is 6.54 Å². The third-order valence-electron chi connectivity index (χ3n) is 3.00. The van der Waals surface area contributed by atoms with E-state index in [1.165, 1.54) is 0 Å². The normalized spacial score (nSPS) is 20.5. The molecular formula is C12H12F3NO2. The summed E-state index contributed by atoms with van der Waals surface area (Å²) in [6, 6.07) is 5.53. The zero-order valence-electron chi connectivity index (χ0n) is 9.44. The monoisotopic (exact) mass is 259 g/mol. The molecule has 1 heterocycles. The molecule has 0 saturated carbocycles. The van der Waals surface area contributed by atoms with Crippen molar-refractivity contribution in [3.05, 3.63) is 35.4 Å². The van der Waals surface area contributed by atoms with Crippen LogP contribution >= 0.6 is 0 Å². The first-order chi connectivity index (χ1) is 8.38. The quantitative estimate of drug-likeness (QED) is 0.885. The van der Waals surface area contributed by atoms with Gasteiger partial charge in [-0.25, -0.2) is 0 Å². The highest BCUT2D eigenvalue weighted by atomic mass is 19.4. The molecule has 1 aromatic carbocycles. The molecular weight excluding hydrogens is 247 g/mol. The van der Waals surface area contributed by atoms with Crippen LogP contribution in [-0.4, -0.2) is 35.2 Å². The summed E-state index contributed by atoms with van der Waals surface area (Å²) in [6.07, 6.45) is -3.95. The van der Waals surface area contributed by atoms with Crippen LogP contribution in [0.1, 0.15) is 17.2 Å². The molecule has 0 amide bonds. The highest BCUT2D eigenvalue weighted by Crippen LogP contribution is 2.32.